The summed E-state index contributed by atoms with van der Waals surface area (Å²) in [6.07, 6.45) is 3.55. The number of nitrogens with zero attached hydrogens (tertiary/aromatic N) is 2. The zero-order chi connectivity index (χ0) is 16.4. The number of nitriles is 1. The molecule has 0 radical (unpaired) electrons. The molecule has 5 nitrogen and oxygen atoms in total. The van der Waals surface area contributed by atoms with E-state index in [0.29, 0.717) is 37.2 Å². The number of benzene rings is 1. The highest BCUT2D eigenvalue weighted by molar-refractivity contribution is 5.86. The molecule has 0 aromatic heterocycles. The van der Waals surface area contributed by atoms with Crippen LogP contribution in [0, 0.1) is 17.1 Å². The number of amides is 1. The summed E-state index contributed by atoms with van der Waals surface area (Å²) in [6.45, 7) is 1.21. The topological polar surface area (TPSA) is 76.4 Å². The molecule has 1 aliphatic heterocycles. The van der Waals surface area contributed by atoms with Gasteiger partial charge in [-0.15, -0.1) is 0 Å². The molecule has 2 fully saturated rings. The van der Waals surface area contributed by atoms with Crippen LogP contribution in [0.3, 0.4) is 0 Å². The van der Waals surface area contributed by atoms with E-state index < -0.39 is 11.4 Å². The Morgan fingerprint density at radius 3 is 2.83 bits per heavy atom. The third-order valence-electron chi connectivity index (χ3n) is 4.78. The standard InChI is InChI=1S/C17H20FN3O2/c18-14-9-12(10-19)4-5-15(14)21-8-1-3-13(11-21)20-16(22)17(23)6-2-7-17/h4-5,9,13,23H,1-3,6-8,11H2,(H,20,22). The van der Waals surface area contributed by atoms with E-state index in [1.807, 2.05) is 11.0 Å². The molecule has 1 saturated carbocycles. The van der Waals surface area contributed by atoms with Crippen molar-refractivity contribution in [3.8, 4) is 6.07 Å². The molecule has 1 heterocycles. The van der Waals surface area contributed by atoms with Crippen molar-refractivity contribution in [3.05, 3.63) is 29.6 Å². The lowest BCUT2D eigenvalue weighted by Gasteiger charge is -2.39. The number of carbonyl (C=O) groups is 1. The molecule has 1 saturated heterocycles. The maximum Gasteiger partial charge on any atom is 0.252 e. The smallest absolute Gasteiger partial charge is 0.252 e. The number of rotatable bonds is 3. The fourth-order valence-corrected chi connectivity index (χ4v) is 3.21. The molecule has 1 unspecified atom stereocenters. The molecule has 1 aromatic carbocycles. The van der Waals surface area contributed by atoms with Gasteiger partial charge in [0.15, 0.2) is 0 Å². The summed E-state index contributed by atoms with van der Waals surface area (Å²) in [5.74, 6) is -0.732. The first kappa shape index (κ1) is 15.8. The Morgan fingerprint density at radius 1 is 1.43 bits per heavy atom. The quantitative estimate of drug-likeness (QED) is 0.889. The van der Waals surface area contributed by atoms with Crippen molar-refractivity contribution < 1.29 is 14.3 Å². The maximum absolute atomic E-state index is 14.1. The predicted molar refractivity (Wildman–Crippen MR) is 83.3 cm³/mol. The highest BCUT2D eigenvalue weighted by Crippen LogP contribution is 2.32. The van der Waals surface area contributed by atoms with Crippen molar-refractivity contribution in [3.63, 3.8) is 0 Å². The molecule has 0 bridgehead atoms. The number of halogens is 1. The van der Waals surface area contributed by atoms with E-state index >= 15 is 0 Å². The predicted octanol–water partition coefficient (Wildman–Crippen LogP) is 1.70. The monoisotopic (exact) mass is 317 g/mol. The van der Waals surface area contributed by atoms with Gasteiger partial charge in [0.1, 0.15) is 11.4 Å². The Labute approximate surface area is 134 Å². The van der Waals surface area contributed by atoms with E-state index in [-0.39, 0.29) is 11.9 Å². The molecule has 2 aliphatic rings. The lowest BCUT2D eigenvalue weighted by molar-refractivity contribution is -0.149. The van der Waals surface area contributed by atoms with E-state index in [1.165, 1.54) is 6.07 Å². The number of hydrogen-bond donors (Lipinski definition) is 2. The van der Waals surface area contributed by atoms with E-state index in [4.69, 9.17) is 5.26 Å². The van der Waals surface area contributed by atoms with Gasteiger partial charge in [-0.05, 0) is 50.3 Å². The third-order valence-corrected chi connectivity index (χ3v) is 4.78. The van der Waals surface area contributed by atoms with E-state index in [1.54, 1.807) is 12.1 Å². The third kappa shape index (κ3) is 3.15. The van der Waals surface area contributed by atoms with Gasteiger partial charge in [0.25, 0.3) is 5.91 Å². The van der Waals surface area contributed by atoms with Gasteiger partial charge in [-0.1, -0.05) is 0 Å². The van der Waals surface area contributed by atoms with Gasteiger partial charge in [0.05, 0.1) is 17.3 Å². The van der Waals surface area contributed by atoms with Crippen LogP contribution in [0.15, 0.2) is 18.2 Å². The van der Waals surface area contributed by atoms with Crippen LogP contribution < -0.4 is 10.2 Å². The van der Waals surface area contributed by atoms with Gasteiger partial charge in [0, 0.05) is 19.1 Å². The summed E-state index contributed by atoms with van der Waals surface area (Å²) in [7, 11) is 0. The Hall–Kier alpha value is -2.13. The van der Waals surface area contributed by atoms with Gasteiger partial charge < -0.3 is 15.3 Å². The van der Waals surface area contributed by atoms with Gasteiger partial charge in [0.2, 0.25) is 0 Å². The van der Waals surface area contributed by atoms with Crippen molar-refractivity contribution >= 4 is 11.6 Å². The van der Waals surface area contributed by atoms with Crippen molar-refractivity contribution in [2.75, 3.05) is 18.0 Å². The normalized spacial score (nSPS) is 22.8. The fraction of sp³-hybridized carbons (Fsp3) is 0.529. The van der Waals surface area contributed by atoms with E-state index in [9.17, 15) is 14.3 Å². The molecule has 1 amide bonds. The van der Waals surface area contributed by atoms with E-state index in [0.717, 1.165) is 19.3 Å². The van der Waals surface area contributed by atoms with Crippen LogP contribution in [-0.2, 0) is 4.79 Å². The maximum atomic E-state index is 14.1. The lowest BCUT2D eigenvalue weighted by Crippen LogP contribution is -2.57. The SMILES string of the molecule is N#Cc1ccc(N2CCCC(NC(=O)C3(O)CCC3)C2)c(F)c1. The zero-order valence-corrected chi connectivity index (χ0v) is 12.9. The first-order valence-electron chi connectivity index (χ1n) is 8.00. The Morgan fingerprint density at radius 2 is 2.22 bits per heavy atom. The van der Waals surface area contributed by atoms with Crippen LogP contribution in [0.2, 0.25) is 0 Å². The molecule has 6 heteroatoms. The number of anilines is 1. The Bertz CT molecular complexity index is 652. The largest absolute Gasteiger partial charge is 0.380 e. The molecule has 1 aromatic rings. The van der Waals surface area contributed by atoms with Crippen molar-refractivity contribution in [1.82, 2.24) is 5.32 Å². The molecule has 122 valence electrons. The second-order valence-electron chi connectivity index (χ2n) is 6.42. The summed E-state index contributed by atoms with van der Waals surface area (Å²) < 4.78 is 14.1. The molecule has 1 atom stereocenters. The van der Waals surface area contributed by atoms with Crippen LogP contribution in [0.25, 0.3) is 0 Å². The summed E-state index contributed by atoms with van der Waals surface area (Å²) >= 11 is 0. The van der Waals surface area contributed by atoms with Gasteiger partial charge in [-0.2, -0.15) is 5.26 Å². The molecule has 1 aliphatic carbocycles. The summed E-state index contributed by atoms with van der Waals surface area (Å²) in [6, 6.07) is 6.25. The minimum atomic E-state index is -1.21. The van der Waals surface area contributed by atoms with Crippen LogP contribution >= 0.6 is 0 Å². The zero-order valence-electron chi connectivity index (χ0n) is 12.9. The van der Waals surface area contributed by atoms with E-state index in [2.05, 4.69) is 5.32 Å². The van der Waals surface area contributed by atoms with Crippen molar-refractivity contribution in [2.45, 2.75) is 43.7 Å². The minimum absolute atomic E-state index is 0.101. The lowest BCUT2D eigenvalue weighted by atomic mass is 9.79. The summed E-state index contributed by atoms with van der Waals surface area (Å²) in [4.78, 5) is 14.0. The molecule has 3 rings (SSSR count). The van der Waals surface area contributed by atoms with Gasteiger partial charge in [-0.3, -0.25) is 4.79 Å². The van der Waals surface area contributed by atoms with Crippen LogP contribution in [0.4, 0.5) is 10.1 Å². The first-order chi connectivity index (χ1) is 11.0. The highest BCUT2D eigenvalue weighted by Gasteiger charge is 2.42. The molecule has 2 N–H and O–H groups in total. The average molecular weight is 317 g/mol. The second-order valence-corrected chi connectivity index (χ2v) is 6.42. The Balaban J connectivity index is 1.66. The second kappa shape index (κ2) is 6.17. The Kier molecular flexibility index (Phi) is 4.22. The summed E-state index contributed by atoms with van der Waals surface area (Å²) in [5.41, 5.74) is -0.465. The number of aliphatic hydroxyl groups is 1. The van der Waals surface area contributed by atoms with Crippen molar-refractivity contribution in [2.24, 2.45) is 0 Å². The fourth-order valence-electron chi connectivity index (χ4n) is 3.21. The molecule has 23 heavy (non-hydrogen) atoms. The molecular formula is C17H20FN3O2. The number of hydrogen-bond acceptors (Lipinski definition) is 4. The highest BCUT2D eigenvalue weighted by atomic mass is 19.1. The number of piperidine rings is 1. The van der Waals surface area contributed by atoms with Crippen LogP contribution in [0.1, 0.15) is 37.7 Å². The number of carbonyl (C=O) groups excluding carboxylic acids is 1. The number of nitrogens with one attached hydrogen (secondary N) is 1. The summed E-state index contributed by atoms with van der Waals surface area (Å²) in [5, 5.41) is 21.8. The minimum Gasteiger partial charge on any atom is -0.380 e. The molecular weight excluding hydrogens is 297 g/mol. The van der Waals surface area contributed by atoms with Gasteiger partial charge >= 0.3 is 0 Å². The van der Waals surface area contributed by atoms with Gasteiger partial charge in [-0.25, -0.2) is 4.39 Å². The average Bonchev–Trinajstić information content (AvgIpc) is 2.52. The van der Waals surface area contributed by atoms with Crippen LogP contribution in [-0.4, -0.2) is 35.7 Å². The molecule has 0 spiro atoms. The first-order valence-corrected chi connectivity index (χ1v) is 8.00. The van der Waals surface area contributed by atoms with Crippen molar-refractivity contribution in [1.29, 1.82) is 5.26 Å². The van der Waals surface area contributed by atoms with Crippen LogP contribution in [0.5, 0.6) is 0 Å².